The summed E-state index contributed by atoms with van der Waals surface area (Å²) in [7, 11) is -1.46. The van der Waals surface area contributed by atoms with Crippen molar-refractivity contribution in [3.63, 3.8) is 0 Å². The van der Waals surface area contributed by atoms with Gasteiger partial charge in [0, 0.05) is 12.1 Å². The maximum atomic E-state index is 11.0. The number of halogens is 1. The summed E-state index contributed by atoms with van der Waals surface area (Å²) in [5.41, 5.74) is 0.558. The molecule has 0 aliphatic heterocycles. The van der Waals surface area contributed by atoms with Gasteiger partial charge in [-0.05, 0) is 19.4 Å². The van der Waals surface area contributed by atoms with Crippen molar-refractivity contribution in [1.82, 2.24) is 5.32 Å². The van der Waals surface area contributed by atoms with E-state index in [1.807, 2.05) is 0 Å². The summed E-state index contributed by atoms with van der Waals surface area (Å²) < 4.78 is 0. The number of rotatable bonds is 5. The zero-order chi connectivity index (χ0) is 10.5. The molecular weight excluding hydrogens is 202 g/mol. The fourth-order valence-corrected chi connectivity index (χ4v) is 2.28. The topological polar surface area (TPSA) is 29.1 Å². The third-order valence-corrected chi connectivity index (χ3v) is 3.73. The Morgan fingerprint density at radius 2 is 2.08 bits per heavy atom. The number of hydrogen-bond acceptors (Lipinski definition) is 1. The molecule has 0 aliphatic rings. The molecule has 13 heavy (non-hydrogen) atoms. The lowest BCUT2D eigenvalue weighted by Crippen LogP contribution is -2.26. The molecule has 0 fully saturated rings. The number of hydrogen-bond donors (Lipinski definition) is 1. The lowest BCUT2D eigenvalue weighted by molar-refractivity contribution is -0.117. The monoisotopic (exact) mass is 219 g/mol. The lowest BCUT2D eigenvalue weighted by Gasteiger charge is -2.12. The van der Waals surface area contributed by atoms with Crippen LogP contribution in [0.4, 0.5) is 0 Å². The molecule has 0 aliphatic carbocycles. The molecule has 76 valence electrons. The van der Waals surface area contributed by atoms with Gasteiger partial charge in [0.25, 0.3) is 0 Å². The van der Waals surface area contributed by atoms with Gasteiger partial charge in [0.2, 0.25) is 5.91 Å². The first-order valence-electron chi connectivity index (χ1n) is 4.45. The van der Waals surface area contributed by atoms with E-state index in [9.17, 15) is 4.79 Å². The molecule has 0 rings (SSSR count). The highest BCUT2D eigenvalue weighted by Crippen LogP contribution is 2.15. The van der Waals surface area contributed by atoms with Gasteiger partial charge in [0.1, 0.15) is 0 Å². The van der Waals surface area contributed by atoms with E-state index in [0.29, 0.717) is 12.1 Å². The van der Waals surface area contributed by atoms with Crippen molar-refractivity contribution in [3.8, 4) is 0 Å². The summed E-state index contributed by atoms with van der Waals surface area (Å²) in [4.78, 5) is 11.0. The van der Waals surface area contributed by atoms with E-state index < -0.39 is 7.38 Å². The van der Waals surface area contributed by atoms with Crippen LogP contribution >= 0.6 is 11.1 Å². The number of carbonyl (C=O) groups excluding carboxylic acids is 1. The summed E-state index contributed by atoms with van der Waals surface area (Å²) in [6, 6.07) is 1.03. The third-order valence-electron chi connectivity index (χ3n) is 1.62. The van der Waals surface area contributed by atoms with E-state index in [4.69, 9.17) is 11.1 Å². The van der Waals surface area contributed by atoms with E-state index in [0.717, 1.165) is 12.5 Å². The van der Waals surface area contributed by atoms with Gasteiger partial charge in [0.15, 0.2) is 7.38 Å². The third kappa shape index (κ3) is 8.06. The van der Waals surface area contributed by atoms with Crippen LogP contribution in [-0.4, -0.2) is 19.8 Å². The van der Waals surface area contributed by atoms with Crippen molar-refractivity contribution in [2.75, 3.05) is 6.54 Å². The first-order valence-corrected chi connectivity index (χ1v) is 8.67. The maximum absolute atomic E-state index is 11.0. The largest absolute Gasteiger partial charge is 0.352 e. The molecule has 0 heterocycles. The van der Waals surface area contributed by atoms with Crippen LogP contribution in [0, 0.1) is 0 Å². The highest BCUT2D eigenvalue weighted by Gasteiger charge is 2.15. The molecule has 0 aromatic carbocycles. The molecule has 0 aromatic rings. The fourth-order valence-electron chi connectivity index (χ4n) is 0.862. The van der Waals surface area contributed by atoms with Crippen LogP contribution in [-0.2, 0) is 4.79 Å². The smallest absolute Gasteiger partial charge is 0.246 e. The van der Waals surface area contributed by atoms with E-state index in [1.54, 1.807) is 6.92 Å². The molecule has 0 radical (unpaired) electrons. The van der Waals surface area contributed by atoms with Crippen molar-refractivity contribution in [3.05, 3.63) is 12.2 Å². The van der Waals surface area contributed by atoms with Crippen LogP contribution in [0.2, 0.25) is 19.1 Å². The molecule has 0 saturated carbocycles. The molecule has 0 spiro atoms. The minimum Gasteiger partial charge on any atom is -0.352 e. The van der Waals surface area contributed by atoms with Crippen LogP contribution < -0.4 is 5.32 Å². The van der Waals surface area contributed by atoms with Gasteiger partial charge in [-0.15, -0.1) is 0 Å². The Morgan fingerprint density at radius 3 is 2.46 bits per heavy atom. The first kappa shape index (κ1) is 12.7. The molecule has 4 heteroatoms. The van der Waals surface area contributed by atoms with E-state index in [1.165, 1.54) is 0 Å². The normalized spacial score (nSPS) is 11.1. The highest BCUT2D eigenvalue weighted by molar-refractivity contribution is 7.19. The maximum Gasteiger partial charge on any atom is 0.246 e. The molecule has 0 unspecified atom stereocenters. The van der Waals surface area contributed by atoms with Gasteiger partial charge in [-0.3, -0.25) is 4.79 Å². The SMILES string of the molecule is C=C(C)C(=O)NCCC[Si](C)(C)Cl. The summed E-state index contributed by atoms with van der Waals surface area (Å²) in [6.45, 7) is 10.2. The van der Waals surface area contributed by atoms with Crippen molar-refractivity contribution < 1.29 is 4.79 Å². The summed E-state index contributed by atoms with van der Waals surface area (Å²) in [5.74, 6) is -0.0611. The zero-order valence-corrected chi connectivity index (χ0v) is 10.4. The van der Waals surface area contributed by atoms with Crippen LogP contribution in [0.25, 0.3) is 0 Å². The number of nitrogens with one attached hydrogen (secondary N) is 1. The van der Waals surface area contributed by atoms with Gasteiger partial charge in [-0.25, -0.2) is 0 Å². The molecule has 0 aromatic heterocycles. The summed E-state index contributed by atoms with van der Waals surface area (Å²) in [5, 5.41) is 2.78. The van der Waals surface area contributed by atoms with E-state index in [-0.39, 0.29) is 5.91 Å². The standard InChI is InChI=1S/C9H18ClNOSi/c1-8(2)9(12)11-6-5-7-13(3,4)10/h1,5-7H2,2-4H3,(H,11,12). The second kappa shape index (κ2) is 5.45. The Balaban J connectivity index is 3.47. The van der Waals surface area contributed by atoms with Gasteiger partial charge in [0.05, 0.1) is 0 Å². The number of amides is 1. The van der Waals surface area contributed by atoms with Crippen LogP contribution in [0.1, 0.15) is 13.3 Å². The van der Waals surface area contributed by atoms with Crippen molar-refractivity contribution in [2.24, 2.45) is 0 Å². The minimum absolute atomic E-state index is 0.0611. The first-order chi connectivity index (χ1) is 5.83. The quantitative estimate of drug-likeness (QED) is 0.328. The fraction of sp³-hybridized carbons (Fsp3) is 0.667. The Bertz CT molecular complexity index is 198. The minimum atomic E-state index is -1.46. The van der Waals surface area contributed by atoms with Gasteiger partial charge in [-0.1, -0.05) is 19.7 Å². The Hall–Kier alpha value is -0.283. The molecular formula is C9H18ClNOSi. The number of carbonyl (C=O) groups is 1. The van der Waals surface area contributed by atoms with Crippen molar-refractivity contribution in [1.29, 1.82) is 0 Å². The molecule has 1 N–H and O–H groups in total. The van der Waals surface area contributed by atoms with Gasteiger partial charge >= 0.3 is 0 Å². The van der Waals surface area contributed by atoms with E-state index in [2.05, 4.69) is 25.0 Å². The van der Waals surface area contributed by atoms with Crippen molar-refractivity contribution in [2.45, 2.75) is 32.5 Å². The van der Waals surface area contributed by atoms with Crippen molar-refractivity contribution >= 4 is 24.4 Å². The molecule has 0 saturated heterocycles. The van der Waals surface area contributed by atoms with E-state index >= 15 is 0 Å². The predicted molar refractivity (Wildman–Crippen MR) is 60.6 cm³/mol. The Labute approximate surface area is 86.1 Å². The molecule has 1 amide bonds. The molecule has 0 atom stereocenters. The second-order valence-corrected chi connectivity index (χ2v) is 10.9. The molecule has 0 bridgehead atoms. The lowest BCUT2D eigenvalue weighted by atomic mass is 10.3. The van der Waals surface area contributed by atoms with Gasteiger partial charge in [-0.2, -0.15) is 11.1 Å². The van der Waals surface area contributed by atoms with Crippen LogP contribution in [0.5, 0.6) is 0 Å². The van der Waals surface area contributed by atoms with Crippen LogP contribution in [0.3, 0.4) is 0 Å². The van der Waals surface area contributed by atoms with Gasteiger partial charge < -0.3 is 5.32 Å². The Kier molecular flexibility index (Phi) is 5.33. The predicted octanol–water partition coefficient (Wildman–Crippen LogP) is 2.51. The summed E-state index contributed by atoms with van der Waals surface area (Å²) in [6.07, 6.45) is 0.960. The Morgan fingerprint density at radius 1 is 1.54 bits per heavy atom. The summed E-state index contributed by atoms with van der Waals surface area (Å²) >= 11 is 6.12. The van der Waals surface area contributed by atoms with Crippen LogP contribution in [0.15, 0.2) is 12.2 Å². The second-order valence-electron chi connectivity index (χ2n) is 3.86. The average Bonchev–Trinajstić information content (AvgIpc) is 1.95. The molecule has 2 nitrogen and oxygen atoms in total. The average molecular weight is 220 g/mol. The zero-order valence-electron chi connectivity index (χ0n) is 8.61. The highest BCUT2D eigenvalue weighted by atomic mass is 35.6.